The van der Waals surface area contributed by atoms with Gasteiger partial charge in [-0.2, -0.15) is 0 Å². The molecule has 35 heavy (non-hydrogen) atoms. The fraction of sp³-hybridized carbons (Fsp3) is 0.286. The minimum Gasteiger partial charge on any atom is -0.493 e. The van der Waals surface area contributed by atoms with Crippen LogP contribution < -0.4 is 19.5 Å². The first-order valence-electron chi connectivity index (χ1n) is 11.7. The number of hydrogen-bond donors (Lipinski definition) is 2. The van der Waals surface area contributed by atoms with Crippen molar-refractivity contribution in [3.8, 4) is 11.5 Å². The number of para-hydroxylation sites is 1. The smallest absolute Gasteiger partial charge is 0.261 e. The van der Waals surface area contributed by atoms with Gasteiger partial charge in [-0.1, -0.05) is 30.4 Å². The molecule has 3 atom stereocenters. The molecule has 7 heteroatoms. The molecule has 5 rings (SSSR count). The largest absolute Gasteiger partial charge is 0.493 e. The van der Waals surface area contributed by atoms with Crippen molar-refractivity contribution in [3.63, 3.8) is 0 Å². The second-order valence-electron chi connectivity index (χ2n) is 9.21. The highest BCUT2D eigenvalue weighted by Crippen LogP contribution is 2.52. The van der Waals surface area contributed by atoms with Gasteiger partial charge in [0.05, 0.1) is 25.2 Å². The Morgan fingerprint density at radius 2 is 1.77 bits per heavy atom. The number of sulfonamides is 1. The van der Waals surface area contributed by atoms with Gasteiger partial charge >= 0.3 is 0 Å². The second kappa shape index (κ2) is 8.96. The number of allylic oxidation sites excluding steroid dienone is 2. The van der Waals surface area contributed by atoms with Gasteiger partial charge in [0.15, 0.2) is 11.5 Å². The highest BCUT2D eigenvalue weighted by atomic mass is 32.2. The lowest BCUT2D eigenvalue weighted by molar-refractivity contribution is 0.341. The maximum Gasteiger partial charge on any atom is 0.261 e. The highest BCUT2D eigenvalue weighted by Gasteiger charge is 2.40. The van der Waals surface area contributed by atoms with Crippen LogP contribution in [-0.4, -0.2) is 22.6 Å². The number of ether oxygens (including phenoxy) is 2. The van der Waals surface area contributed by atoms with Crippen molar-refractivity contribution < 1.29 is 17.9 Å². The fourth-order valence-corrected chi connectivity index (χ4v) is 6.31. The van der Waals surface area contributed by atoms with E-state index in [0.29, 0.717) is 11.4 Å². The van der Waals surface area contributed by atoms with Crippen molar-refractivity contribution in [2.45, 2.75) is 37.1 Å². The lowest BCUT2D eigenvalue weighted by atomic mass is 9.77. The van der Waals surface area contributed by atoms with Gasteiger partial charge in [-0.05, 0) is 79.3 Å². The van der Waals surface area contributed by atoms with Gasteiger partial charge < -0.3 is 14.8 Å². The third-order valence-electron chi connectivity index (χ3n) is 7.17. The van der Waals surface area contributed by atoms with Gasteiger partial charge in [-0.3, -0.25) is 4.72 Å². The molecule has 182 valence electrons. The van der Waals surface area contributed by atoms with Crippen LogP contribution in [0.2, 0.25) is 0 Å². The Bertz CT molecular complexity index is 1410. The molecule has 3 aromatic carbocycles. The molecule has 0 radical (unpaired) electrons. The molecule has 0 aromatic heterocycles. The molecule has 0 saturated heterocycles. The van der Waals surface area contributed by atoms with E-state index in [0.717, 1.165) is 40.1 Å². The minimum atomic E-state index is -3.73. The summed E-state index contributed by atoms with van der Waals surface area (Å²) in [7, 11) is -0.436. The summed E-state index contributed by atoms with van der Waals surface area (Å²) >= 11 is 0. The number of methoxy groups -OCH3 is 2. The van der Waals surface area contributed by atoms with Crippen LogP contribution in [0.5, 0.6) is 11.5 Å². The molecule has 2 N–H and O–H groups in total. The normalized spacial score (nSPS) is 20.5. The topological polar surface area (TPSA) is 76.7 Å². The maximum atomic E-state index is 13.2. The van der Waals surface area contributed by atoms with Gasteiger partial charge in [0.2, 0.25) is 0 Å². The summed E-state index contributed by atoms with van der Waals surface area (Å²) in [6.45, 7) is 3.97. The molecular weight excluding hydrogens is 460 g/mol. The maximum absolute atomic E-state index is 13.2. The Morgan fingerprint density at radius 3 is 2.51 bits per heavy atom. The van der Waals surface area contributed by atoms with E-state index in [-0.39, 0.29) is 22.8 Å². The van der Waals surface area contributed by atoms with Gasteiger partial charge in [0, 0.05) is 22.9 Å². The lowest BCUT2D eigenvalue weighted by Crippen LogP contribution is -2.29. The predicted molar refractivity (Wildman–Crippen MR) is 139 cm³/mol. The number of aryl methyl sites for hydroxylation is 2. The van der Waals surface area contributed by atoms with Crippen molar-refractivity contribution in [2.24, 2.45) is 5.92 Å². The fourth-order valence-electron chi connectivity index (χ4n) is 5.22. The first-order chi connectivity index (χ1) is 16.8. The van der Waals surface area contributed by atoms with E-state index in [2.05, 4.69) is 28.3 Å². The minimum absolute atomic E-state index is 0.00339. The van der Waals surface area contributed by atoms with Gasteiger partial charge in [-0.25, -0.2) is 8.42 Å². The highest BCUT2D eigenvalue weighted by molar-refractivity contribution is 7.92. The van der Waals surface area contributed by atoms with Gasteiger partial charge in [0.25, 0.3) is 10.0 Å². The van der Waals surface area contributed by atoms with Gasteiger partial charge in [-0.15, -0.1) is 0 Å². The Morgan fingerprint density at radius 1 is 0.943 bits per heavy atom. The van der Waals surface area contributed by atoms with Crippen molar-refractivity contribution in [1.29, 1.82) is 0 Å². The quantitative estimate of drug-likeness (QED) is 0.418. The Hall–Kier alpha value is -3.45. The molecule has 0 fully saturated rings. The van der Waals surface area contributed by atoms with E-state index < -0.39 is 10.0 Å². The molecule has 0 bridgehead atoms. The number of benzene rings is 3. The SMILES string of the molecule is COc1cccc(C2Nc3ccc(S(=O)(=O)Nc4ccc(C)c(C)c4)cc3C3C=CCC32)c1OC. The summed E-state index contributed by atoms with van der Waals surface area (Å²) in [5, 5.41) is 3.66. The molecule has 1 heterocycles. The van der Waals surface area contributed by atoms with E-state index >= 15 is 0 Å². The zero-order chi connectivity index (χ0) is 24.7. The molecule has 0 spiro atoms. The zero-order valence-electron chi connectivity index (χ0n) is 20.3. The van der Waals surface area contributed by atoms with Crippen LogP contribution in [-0.2, 0) is 10.0 Å². The Balaban J connectivity index is 1.50. The average molecular weight is 491 g/mol. The molecule has 0 amide bonds. The monoisotopic (exact) mass is 490 g/mol. The standard InChI is InChI=1S/C28H30N2O4S/c1-17-11-12-19(15-18(17)2)30-35(31,32)20-13-14-25-24(16-20)21-7-5-8-22(21)27(29-25)23-9-6-10-26(33-3)28(23)34-4/h5-7,9-16,21-22,27,29-30H,8H2,1-4H3. The predicted octanol–water partition coefficient (Wildman–Crippen LogP) is 5.95. The van der Waals surface area contributed by atoms with Crippen molar-refractivity contribution in [3.05, 3.63) is 89.0 Å². The summed E-state index contributed by atoms with van der Waals surface area (Å²) in [5.41, 5.74) is 5.67. The first kappa shape index (κ1) is 23.3. The lowest BCUT2D eigenvalue weighted by Gasteiger charge is -2.38. The number of rotatable bonds is 6. The van der Waals surface area contributed by atoms with E-state index in [1.54, 1.807) is 32.4 Å². The van der Waals surface area contributed by atoms with Crippen molar-refractivity contribution in [1.82, 2.24) is 0 Å². The summed E-state index contributed by atoms with van der Waals surface area (Å²) < 4.78 is 40.4. The molecule has 3 aromatic rings. The van der Waals surface area contributed by atoms with Crippen LogP contribution in [0.3, 0.4) is 0 Å². The molecular formula is C28H30N2O4S. The van der Waals surface area contributed by atoms with Gasteiger partial charge in [0.1, 0.15) is 0 Å². The Kier molecular flexibility index (Phi) is 5.97. The number of fused-ring (bicyclic) bond motifs is 3. The summed E-state index contributed by atoms with van der Waals surface area (Å²) in [4.78, 5) is 0.257. The molecule has 3 unspecified atom stereocenters. The van der Waals surface area contributed by atoms with Crippen LogP contribution >= 0.6 is 0 Å². The number of anilines is 2. The summed E-state index contributed by atoms with van der Waals surface area (Å²) in [6, 6.07) is 16.8. The molecule has 1 aliphatic heterocycles. The van der Waals surface area contributed by atoms with Crippen LogP contribution in [0, 0.1) is 19.8 Å². The average Bonchev–Trinajstić information content (AvgIpc) is 3.35. The molecule has 0 saturated carbocycles. The van der Waals surface area contributed by atoms with Crippen LogP contribution in [0.25, 0.3) is 0 Å². The third-order valence-corrected chi connectivity index (χ3v) is 8.55. The first-order valence-corrected chi connectivity index (χ1v) is 13.2. The summed E-state index contributed by atoms with van der Waals surface area (Å²) in [6.07, 6.45) is 5.26. The van der Waals surface area contributed by atoms with Crippen molar-refractivity contribution in [2.75, 3.05) is 24.3 Å². The van der Waals surface area contributed by atoms with E-state index in [9.17, 15) is 8.42 Å². The van der Waals surface area contributed by atoms with E-state index in [1.807, 2.05) is 44.2 Å². The van der Waals surface area contributed by atoms with Crippen LogP contribution in [0.4, 0.5) is 11.4 Å². The summed E-state index contributed by atoms with van der Waals surface area (Å²) in [5.74, 6) is 1.75. The number of hydrogen-bond acceptors (Lipinski definition) is 5. The van der Waals surface area contributed by atoms with Crippen molar-refractivity contribution >= 4 is 21.4 Å². The van der Waals surface area contributed by atoms with E-state index in [4.69, 9.17) is 9.47 Å². The number of nitrogens with one attached hydrogen (secondary N) is 2. The Labute approximate surface area is 207 Å². The zero-order valence-corrected chi connectivity index (χ0v) is 21.1. The van der Waals surface area contributed by atoms with Crippen LogP contribution in [0.1, 0.15) is 40.6 Å². The van der Waals surface area contributed by atoms with E-state index in [1.165, 1.54) is 0 Å². The second-order valence-corrected chi connectivity index (χ2v) is 10.9. The molecule has 2 aliphatic rings. The third kappa shape index (κ3) is 4.14. The molecule has 1 aliphatic carbocycles. The van der Waals surface area contributed by atoms with Crippen LogP contribution in [0.15, 0.2) is 71.6 Å². The molecule has 6 nitrogen and oxygen atoms in total.